The van der Waals surface area contributed by atoms with Crippen molar-refractivity contribution in [3.8, 4) is 0 Å². The van der Waals surface area contributed by atoms with E-state index in [0.717, 1.165) is 0 Å². The van der Waals surface area contributed by atoms with E-state index in [1.54, 1.807) is 0 Å². The summed E-state index contributed by atoms with van der Waals surface area (Å²) in [6, 6.07) is 0. The molecule has 9 heteroatoms. The zero-order chi connectivity index (χ0) is 14.2. The van der Waals surface area contributed by atoms with Crippen molar-refractivity contribution in [3.63, 3.8) is 0 Å². The van der Waals surface area contributed by atoms with E-state index in [2.05, 4.69) is 4.84 Å². The maximum atomic E-state index is 11.5. The molecule has 2 atom stereocenters. The van der Waals surface area contributed by atoms with Gasteiger partial charge in [-0.3, -0.25) is 14.4 Å². The first-order valence-corrected chi connectivity index (χ1v) is 7.49. The second-order valence-corrected chi connectivity index (χ2v) is 6.92. The zero-order valence-electron chi connectivity index (χ0n) is 10.2. The maximum Gasteiger partial charge on any atom is 0.534 e. The molecule has 2 aliphatic rings. The fourth-order valence-corrected chi connectivity index (χ4v) is 3.55. The van der Waals surface area contributed by atoms with Crippen molar-refractivity contribution in [1.29, 1.82) is 0 Å². The monoisotopic (exact) mass is 291 g/mol. The number of hydrogen-bond donors (Lipinski definition) is 0. The second kappa shape index (κ2) is 4.80. The van der Waals surface area contributed by atoms with Gasteiger partial charge in [0.25, 0.3) is 11.8 Å². The third-order valence-corrected chi connectivity index (χ3v) is 5.44. The van der Waals surface area contributed by atoms with E-state index in [4.69, 9.17) is 4.74 Å². The van der Waals surface area contributed by atoms with Gasteiger partial charge in [-0.2, -0.15) is 0 Å². The highest BCUT2D eigenvalue weighted by Gasteiger charge is 2.41. The Morgan fingerprint density at radius 1 is 1.26 bits per heavy atom. The highest BCUT2D eigenvalue weighted by molar-refractivity contribution is 7.92. The van der Waals surface area contributed by atoms with E-state index in [9.17, 15) is 22.8 Å². The summed E-state index contributed by atoms with van der Waals surface area (Å²) in [5, 5.41) is -0.457. The summed E-state index contributed by atoms with van der Waals surface area (Å²) in [7, 11) is -3.25. The number of imide groups is 1. The van der Waals surface area contributed by atoms with E-state index < -0.39 is 39.2 Å². The van der Waals surface area contributed by atoms with Crippen LogP contribution in [0.3, 0.4) is 0 Å². The molecular formula is C10H13NO7S. The Kier molecular flexibility index (Phi) is 3.48. The zero-order valence-corrected chi connectivity index (χ0v) is 11.0. The summed E-state index contributed by atoms with van der Waals surface area (Å²) in [4.78, 5) is 38.3. The van der Waals surface area contributed by atoms with Crippen LogP contribution >= 0.6 is 0 Å². The Morgan fingerprint density at radius 2 is 1.84 bits per heavy atom. The first-order chi connectivity index (χ1) is 8.81. The van der Waals surface area contributed by atoms with Crippen LogP contribution in [0.1, 0.15) is 26.2 Å². The molecule has 0 saturated carbocycles. The molecule has 2 saturated heterocycles. The van der Waals surface area contributed by atoms with Gasteiger partial charge in [-0.25, -0.2) is 13.2 Å². The molecule has 19 heavy (non-hydrogen) atoms. The molecule has 0 aliphatic carbocycles. The molecule has 0 N–H and O–H groups in total. The lowest BCUT2D eigenvalue weighted by molar-refractivity contribution is -0.178. The topological polar surface area (TPSA) is 107 Å². The average Bonchev–Trinajstić information content (AvgIpc) is 2.77. The first kappa shape index (κ1) is 13.8. The van der Waals surface area contributed by atoms with Crippen molar-refractivity contribution in [2.24, 2.45) is 0 Å². The number of hydrogen-bond acceptors (Lipinski definition) is 7. The van der Waals surface area contributed by atoms with Gasteiger partial charge in [-0.15, -0.1) is 0 Å². The van der Waals surface area contributed by atoms with Gasteiger partial charge in [-0.1, -0.05) is 5.06 Å². The summed E-state index contributed by atoms with van der Waals surface area (Å²) in [6.45, 7) is 1.44. The van der Waals surface area contributed by atoms with Crippen LogP contribution in [-0.2, 0) is 29.0 Å². The van der Waals surface area contributed by atoms with Gasteiger partial charge >= 0.3 is 6.16 Å². The highest BCUT2D eigenvalue weighted by atomic mass is 32.2. The van der Waals surface area contributed by atoms with Gasteiger partial charge < -0.3 is 4.74 Å². The molecule has 0 bridgehead atoms. The Labute approximate surface area is 109 Å². The van der Waals surface area contributed by atoms with Crippen LogP contribution in [0, 0.1) is 0 Å². The normalized spacial score (nSPS) is 29.6. The van der Waals surface area contributed by atoms with Crippen molar-refractivity contribution in [3.05, 3.63) is 0 Å². The molecule has 0 spiro atoms. The lowest BCUT2D eigenvalue weighted by atomic mass is 10.2. The molecule has 2 fully saturated rings. The minimum absolute atomic E-state index is 0.0136. The number of nitrogens with zero attached hydrogens (tertiary/aromatic N) is 1. The van der Waals surface area contributed by atoms with Gasteiger partial charge in [0.15, 0.2) is 9.84 Å². The van der Waals surface area contributed by atoms with Gasteiger partial charge in [0, 0.05) is 12.8 Å². The number of sulfone groups is 1. The minimum atomic E-state index is -3.25. The smallest absolute Gasteiger partial charge is 0.428 e. The lowest BCUT2D eigenvalue weighted by Crippen LogP contribution is -2.35. The van der Waals surface area contributed by atoms with Crippen LogP contribution in [0.2, 0.25) is 0 Å². The molecule has 2 rings (SSSR count). The molecule has 2 heterocycles. The molecule has 8 nitrogen and oxygen atoms in total. The maximum absolute atomic E-state index is 11.5. The van der Waals surface area contributed by atoms with Crippen molar-refractivity contribution >= 4 is 27.8 Å². The van der Waals surface area contributed by atoms with Gasteiger partial charge in [0.05, 0.1) is 11.0 Å². The van der Waals surface area contributed by atoms with Crippen LogP contribution in [0.25, 0.3) is 0 Å². The standard InChI is InChI=1S/C10H13NO7S/c1-6-7(4-5-19(6,15)16)17-10(14)18-11-8(12)2-3-9(11)13/h6-7H,2-5H2,1H3/t6-,7-/m0/s1. The summed E-state index contributed by atoms with van der Waals surface area (Å²) >= 11 is 0. The van der Waals surface area contributed by atoms with E-state index >= 15 is 0 Å². The number of amides is 2. The number of ether oxygens (including phenoxy) is 1. The Hall–Kier alpha value is -1.64. The second-order valence-electron chi connectivity index (χ2n) is 4.44. The molecule has 0 aromatic heterocycles. The lowest BCUT2D eigenvalue weighted by Gasteiger charge is -2.17. The summed E-state index contributed by atoms with van der Waals surface area (Å²) in [5.41, 5.74) is 0. The largest absolute Gasteiger partial charge is 0.534 e. The van der Waals surface area contributed by atoms with E-state index in [1.165, 1.54) is 6.92 Å². The van der Waals surface area contributed by atoms with Crippen molar-refractivity contribution in [2.75, 3.05) is 5.75 Å². The predicted molar refractivity (Wildman–Crippen MR) is 60.3 cm³/mol. The van der Waals surface area contributed by atoms with Crippen molar-refractivity contribution in [2.45, 2.75) is 37.5 Å². The Morgan fingerprint density at radius 3 is 2.32 bits per heavy atom. The highest BCUT2D eigenvalue weighted by Crippen LogP contribution is 2.24. The molecule has 0 aromatic carbocycles. The number of carbonyl (C=O) groups excluding carboxylic acids is 3. The summed E-state index contributed by atoms with van der Waals surface area (Å²) in [5.74, 6) is -1.30. The third kappa shape index (κ3) is 2.70. The van der Waals surface area contributed by atoms with Crippen LogP contribution in [0.15, 0.2) is 0 Å². The summed E-state index contributed by atoms with van der Waals surface area (Å²) < 4.78 is 27.7. The van der Waals surface area contributed by atoms with Crippen LogP contribution in [0.4, 0.5) is 4.79 Å². The van der Waals surface area contributed by atoms with E-state index in [-0.39, 0.29) is 25.0 Å². The molecular weight excluding hydrogens is 278 g/mol. The molecule has 0 unspecified atom stereocenters. The van der Waals surface area contributed by atoms with E-state index in [1.807, 2.05) is 0 Å². The molecule has 0 radical (unpaired) electrons. The summed E-state index contributed by atoms with van der Waals surface area (Å²) in [6.07, 6.45) is -1.90. The third-order valence-electron chi connectivity index (χ3n) is 3.20. The van der Waals surface area contributed by atoms with Gasteiger partial charge in [0.2, 0.25) is 0 Å². The molecule has 2 amide bonds. The van der Waals surface area contributed by atoms with Crippen LogP contribution < -0.4 is 0 Å². The molecule has 2 aliphatic heterocycles. The fraction of sp³-hybridized carbons (Fsp3) is 0.700. The predicted octanol–water partition coefficient (Wildman–Crippen LogP) is -0.221. The SMILES string of the molecule is C[C@H]1[C@@H](OC(=O)ON2C(=O)CCC2=O)CCS1(=O)=O. The number of hydroxylamine groups is 2. The minimum Gasteiger partial charge on any atom is -0.428 e. The fourth-order valence-electron chi connectivity index (χ4n) is 1.96. The van der Waals surface area contributed by atoms with E-state index in [0.29, 0.717) is 5.06 Å². The van der Waals surface area contributed by atoms with Crippen LogP contribution in [0.5, 0.6) is 0 Å². The average molecular weight is 291 g/mol. The Balaban J connectivity index is 1.92. The molecule has 106 valence electrons. The number of carbonyl (C=O) groups is 3. The number of rotatable bonds is 2. The first-order valence-electron chi connectivity index (χ1n) is 5.77. The molecule has 0 aromatic rings. The van der Waals surface area contributed by atoms with Gasteiger partial charge in [0.1, 0.15) is 6.10 Å². The quantitative estimate of drug-likeness (QED) is 0.511. The van der Waals surface area contributed by atoms with Crippen LogP contribution in [-0.4, -0.2) is 48.6 Å². The van der Waals surface area contributed by atoms with Gasteiger partial charge in [-0.05, 0) is 13.3 Å². The Bertz CT molecular complexity index is 510. The van der Waals surface area contributed by atoms with Crippen molar-refractivity contribution in [1.82, 2.24) is 5.06 Å². The van der Waals surface area contributed by atoms with Crippen molar-refractivity contribution < 1.29 is 32.4 Å².